The van der Waals surface area contributed by atoms with E-state index in [0.29, 0.717) is 11.3 Å². The van der Waals surface area contributed by atoms with Gasteiger partial charge in [0.2, 0.25) is 5.91 Å². The zero-order chi connectivity index (χ0) is 19.4. The van der Waals surface area contributed by atoms with Crippen LogP contribution >= 0.6 is 27.7 Å². The van der Waals surface area contributed by atoms with Crippen LogP contribution in [0.2, 0.25) is 0 Å². The zero-order valence-electron chi connectivity index (χ0n) is 14.5. The number of hydrogen-bond acceptors (Lipinski definition) is 4. The highest BCUT2D eigenvalue weighted by Gasteiger charge is 2.11. The predicted molar refractivity (Wildman–Crippen MR) is 109 cm³/mol. The molecule has 0 saturated carbocycles. The number of carbonyl (C=O) groups excluding carboxylic acids is 1. The predicted octanol–water partition coefficient (Wildman–Crippen LogP) is 4.81. The first-order valence-electron chi connectivity index (χ1n) is 8.27. The third kappa shape index (κ3) is 5.20. The molecule has 0 aliphatic carbocycles. The molecule has 7 heteroatoms. The Morgan fingerprint density at radius 1 is 1.22 bits per heavy atom. The van der Waals surface area contributed by atoms with Gasteiger partial charge in [-0.25, -0.2) is 9.18 Å². The van der Waals surface area contributed by atoms with Gasteiger partial charge in [0.05, 0.1) is 11.8 Å². The highest BCUT2D eigenvalue weighted by Crippen LogP contribution is 2.24. The van der Waals surface area contributed by atoms with Crippen LogP contribution in [0.25, 0.3) is 11.0 Å². The molecule has 0 fully saturated rings. The molecule has 4 nitrogen and oxygen atoms in total. The SMILES string of the molecule is C[C@H](NC(=O)CSCc1cc(=O)oc2cc(Br)ccc12)c1ccc(F)cc1. The van der Waals surface area contributed by atoms with E-state index in [9.17, 15) is 14.0 Å². The lowest BCUT2D eigenvalue weighted by Crippen LogP contribution is -2.28. The van der Waals surface area contributed by atoms with Gasteiger partial charge in [-0.15, -0.1) is 11.8 Å². The number of thioether (sulfide) groups is 1. The summed E-state index contributed by atoms with van der Waals surface area (Å²) in [5.41, 5.74) is 1.78. The largest absolute Gasteiger partial charge is 0.423 e. The number of rotatable bonds is 6. The van der Waals surface area contributed by atoms with E-state index in [1.54, 1.807) is 18.2 Å². The highest BCUT2D eigenvalue weighted by atomic mass is 79.9. The molecule has 2 aromatic carbocycles. The van der Waals surface area contributed by atoms with Gasteiger partial charge in [0.25, 0.3) is 0 Å². The number of carbonyl (C=O) groups is 1. The molecule has 1 amide bonds. The van der Waals surface area contributed by atoms with Gasteiger partial charge in [0.1, 0.15) is 11.4 Å². The molecule has 1 heterocycles. The summed E-state index contributed by atoms with van der Waals surface area (Å²) in [5.74, 6) is 0.345. The van der Waals surface area contributed by atoms with Crippen LogP contribution in [-0.2, 0) is 10.5 Å². The van der Waals surface area contributed by atoms with Crippen molar-refractivity contribution in [2.24, 2.45) is 0 Å². The second-order valence-electron chi connectivity index (χ2n) is 6.06. The van der Waals surface area contributed by atoms with Crippen molar-refractivity contribution in [1.29, 1.82) is 0 Å². The van der Waals surface area contributed by atoms with Crippen LogP contribution in [0.15, 0.2) is 62.2 Å². The van der Waals surface area contributed by atoms with E-state index in [1.807, 2.05) is 19.1 Å². The molecule has 0 bridgehead atoms. The molecule has 0 spiro atoms. The maximum absolute atomic E-state index is 13.0. The monoisotopic (exact) mass is 449 g/mol. The average Bonchev–Trinajstić information content (AvgIpc) is 2.61. The third-order valence-corrected chi connectivity index (χ3v) is 5.51. The summed E-state index contributed by atoms with van der Waals surface area (Å²) in [7, 11) is 0. The van der Waals surface area contributed by atoms with Gasteiger partial charge in [0, 0.05) is 21.7 Å². The topological polar surface area (TPSA) is 59.3 Å². The third-order valence-electron chi connectivity index (χ3n) is 4.03. The number of fused-ring (bicyclic) bond motifs is 1. The smallest absolute Gasteiger partial charge is 0.336 e. The summed E-state index contributed by atoms with van der Waals surface area (Å²) in [6.07, 6.45) is 0. The first-order chi connectivity index (χ1) is 12.9. The Hall–Kier alpha value is -2.12. The molecule has 27 heavy (non-hydrogen) atoms. The van der Waals surface area contributed by atoms with E-state index in [2.05, 4.69) is 21.2 Å². The van der Waals surface area contributed by atoms with Crippen molar-refractivity contribution >= 4 is 44.6 Å². The number of benzene rings is 2. The van der Waals surface area contributed by atoms with Gasteiger partial charge in [0.15, 0.2) is 0 Å². The Bertz CT molecular complexity index is 1020. The maximum Gasteiger partial charge on any atom is 0.336 e. The first kappa shape index (κ1) is 19.6. The fourth-order valence-corrected chi connectivity index (χ4v) is 3.86. The van der Waals surface area contributed by atoms with E-state index >= 15 is 0 Å². The van der Waals surface area contributed by atoms with Gasteiger partial charge in [-0.1, -0.05) is 28.1 Å². The minimum Gasteiger partial charge on any atom is -0.423 e. The minimum absolute atomic E-state index is 0.119. The molecule has 1 N–H and O–H groups in total. The molecular formula is C20H17BrFNO3S. The molecular weight excluding hydrogens is 433 g/mol. The number of nitrogens with one attached hydrogen (secondary N) is 1. The van der Waals surface area contributed by atoms with Crippen LogP contribution in [0.4, 0.5) is 4.39 Å². The Morgan fingerprint density at radius 3 is 2.70 bits per heavy atom. The van der Waals surface area contributed by atoms with Crippen molar-refractivity contribution in [2.45, 2.75) is 18.7 Å². The highest BCUT2D eigenvalue weighted by molar-refractivity contribution is 9.10. The average molecular weight is 450 g/mol. The fourth-order valence-electron chi connectivity index (χ4n) is 2.69. The first-order valence-corrected chi connectivity index (χ1v) is 10.2. The normalized spacial score (nSPS) is 12.1. The van der Waals surface area contributed by atoms with Crippen molar-refractivity contribution in [3.8, 4) is 0 Å². The number of amides is 1. The summed E-state index contributed by atoms with van der Waals surface area (Å²) in [5, 5.41) is 3.74. The molecule has 140 valence electrons. The van der Waals surface area contributed by atoms with Gasteiger partial charge < -0.3 is 9.73 Å². The van der Waals surface area contributed by atoms with E-state index in [1.165, 1.54) is 30.0 Å². The molecule has 1 aromatic heterocycles. The lowest BCUT2D eigenvalue weighted by atomic mass is 10.1. The summed E-state index contributed by atoms with van der Waals surface area (Å²) in [6.45, 7) is 1.85. The van der Waals surface area contributed by atoms with Crippen molar-refractivity contribution in [3.63, 3.8) is 0 Å². The maximum atomic E-state index is 13.0. The van der Waals surface area contributed by atoms with Gasteiger partial charge in [-0.05, 0) is 48.4 Å². The van der Waals surface area contributed by atoms with Crippen LogP contribution < -0.4 is 10.9 Å². The fraction of sp³-hybridized carbons (Fsp3) is 0.200. The minimum atomic E-state index is -0.411. The van der Waals surface area contributed by atoms with Gasteiger partial charge in [-0.3, -0.25) is 4.79 Å². The standard InChI is InChI=1S/C20H17BrFNO3S/c1-12(13-2-5-16(22)6-3-13)23-19(24)11-27-10-14-8-20(25)26-18-9-15(21)4-7-17(14)18/h2-9,12H,10-11H2,1H3,(H,23,24)/t12-/m0/s1. The summed E-state index contributed by atoms with van der Waals surface area (Å²) in [6, 6.07) is 12.8. The van der Waals surface area contributed by atoms with Crippen molar-refractivity contribution in [3.05, 3.63) is 80.4 Å². The Morgan fingerprint density at radius 2 is 1.96 bits per heavy atom. The van der Waals surface area contributed by atoms with Crippen molar-refractivity contribution in [1.82, 2.24) is 5.32 Å². The zero-order valence-corrected chi connectivity index (χ0v) is 16.9. The molecule has 0 radical (unpaired) electrons. The second-order valence-corrected chi connectivity index (χ2v) is 7.97. The van der Waals surface area contributed by atoms with Crippen molar-refractivity contribution < 1.29 is 13.6 Å². The molecule has 0 saturated heterocycles. The molecule has 1 atom stereocenters. The quantitative estimate of drug-likeness (QED) is 0.548. The van der Waals surface area contributed by atoms with E-state index < -0.39 is 5.63 Å². The van der Waals surface area contributed by atoms with Gasteiger partial charge >= 0.3 is 5.63 Å². The summed E-state index contributed by atoms with van der Waals surface area (Å²) < 4.78 is 19.0. The van der Waals surface area contributed by atoms with Crippen LogP contribution in [0.5, 0.6) is 0 Å². The summed E-state index contributed by atoms with van der Waals surface area (Å²) >= 11 is 4.78. The van der Waals surface area contributed by atoms with E-state index in [4.69, 9.17) is 4.42 Å². The Balaban J connectivity index is 1.59. The van der Waals surface area contributed by atoms with Crippen molar-refractivity contribution in [2.75, 3.05) is 5.75 Å². The molecule has 0 unspecified atom stereocenters. The van der Waals surface area contributed by atoms with Crippen LogP contribution in [0, 0.1) is 5.82 Å². The Kier molecular flexibility index (Phi) is 6.34. The Labute approximate surface area is 168 Å². The molecule has 3 rings (SSSR count). The lowest BCUT2D eigenvalue weighted by Gasteiger charge is -2.14. The van der Waals surface area contributed by atoms with Crippen LogP contribution in [0.1, 0.15) is 24.1 Å². The van der Waals surface area contributed by atoms with Crippen LogP contribution in [0.3, 0.4) is 0 Å². The van der Waals surface area contributed by atoms with E-state index in [0.717, 1.165) is 21.0 Å². The van der Waals surface area contributed by atoms with Crippen LogP contribution in [-0.4, -0.2) is 11.7 Å². The number of halogens is 2. The summed E-state index contributed by atoms with van der Waals surface area (Å²) in [4.78, 5) is 23.9. The molecule has 3 aromatic rings. The molecule has 0 aliphatic rings. The number of hydrogen-bond donors (Lipinski definition) is 1. The lowest BCUT2D eigenvalue weighted by molar-refractivity contribution is -0.119. The van der Waals surface area contributed by atoms with Gasteiger partial charge in [-0.2, -0.15) is 0 Å². The second kappa shape index (κ2) is 8.71. The van der Waals surface area contributed by atoms with E-state index in [-0.39, 0.29) is 23.5 Å². The molecule has 0 aliphatic heterocycles.